The molecule has 5 aromatic carbocycles. The van der Waals surface area contributed by atoms with Gasteiger partial charge in [0.05, 0.1) is 44.0 Å². The van der Waals surface area contributed by atoms with Gasteiger partial charge in [-0.25, -0.2) is 9.69 Å². The molecular formula is C57H56N4O10. The number of hydrogen-bond acceptors (Lipinski definition) is 11. The van der Waals surface area contributed by atoms with Gasteiger partial charge in [0.2, 0.25) is 11.8 Å². The van der Waals surface area contributed by atoms with Crippen molar-refractivity contribution in [3.63, 3.8) is 0 Å². The van der Waals surface area contributed by atoms with Gasteiger partial charge in [0.1, 0.15) is 23.3 Å². The normalized spacial score (nSPS) is 23.3. The van der Waals surface area contributed by atoms with Crippen LogP contribution < -0.4 is 10.2 Å². The zero-order valence-electron chi connectivity index (χ0n) is 39.9. The molecule has 9 rings (SSSR count). The van der Waals surface area contributed by atoms with E-state index in [2.05, 4.69) is 17.2 Å². The number of fused-ring (bicyclic) bond motifs is 3. The lowest BCUT2D eigenvalue weighted by Gasteiger charge is -2.46. The molecule has 4 aliphatic heterocycles. The van der Waals surface area contributed by atoms with Crippen molar-refractivity contribution in [3.8, 4) is 17.6 Å². The first kappa shape index (κ1) is 48.3. The van der Waals surface area contributed by atoms with Gasteiger partial charge in [0.25, 0.3) is 0 Å². The van der Waals surface area contributed by atoms with Crippen LogP contribution in [0, 0.1) is 23.7 Å². The summed E-state index contributed by atoms with van der Waals surface area (Å²) in [6.07, 6.45) is 3.04. The number of benzene rings is 5. The van der Waals surface area contributed by atoms with E-state index in [1.165, 1.54) is 12.1 Å². The highest BCUT2D eigenvalue weighted by molar-refractivity contribution is 6.24. The van der Waals surface area contributed by atoms with Crippen LogP contribution in [-0.4, -0.2) is 84.0 Å². The van der Waals surface area contributed by atoms with E-state index in [1.807, 2.05) is 103 Å². The van der Waals surface area contributed by atoms with Crippen molar-refractivity contribution in [3.05, 3.63) is 167 Å². The van der Waals surface area contributed by atoms with Crippen LogP contribution in [0.1, 0.15) is 103 Å². The van der Waals surface area contributed by atoms with Gasteiger partial charge in [0, 0.05) is 25.1 Å². The van der Waals surface area contributed by atoms with Crippen molar-refractivity contribution in [1.29, 1.82) is 0 Å². The smallest absolute Gasteiger partial charge is 0.329 e. The summed E-state index contributed by atoms with van der Waals surface area (Å²) >= 11 is 0. The molecule has 14 heteroatoms. The number of carbonyl (C=O) groups excluding carboxylic acids is 6. The number of nitrogens with zero attached hydrogens (tertiary/aromatic N) is 3. The zero-order chi connectivity index (χ0) is 49.8. The highest BCUT2D eigenvalue weighted by Crippen LogP contribution is 2.66. The van der Waals surface area contributed by atoms with E-state index in [0.717, 1.165) is 49.5 Å². The quantitative estimate of drug-likeness (QED) is 0.0635. The lowest BCUT2D eigenvalue weighted by atomic mass is 9.64. The average Bonchev–Trinajstić information content (AvgIpc) is 3.84. The van der Waals surface area contributed by atoms with Crippen LogP contribution in [0.4, 0.5) is 10.5 Å². The Morgan fingerprint density at radius 1 is 0.746 bits per heavy atom. The number of phenols is 1. The number of amides is 4. The molecular weight excluding hydrogens is 901 g/mol. The van der Waals surface area contributed by atoms with Crippen molar-refractivity contribution in [2.24, 2.45) is 11.8 Å². The molecule has 2 N–H and O–H groups in total. The van der Waals surface area contributed by atoms with Gasteiger partial charge < -0.3 is 29.5 Å². The van der Waals surface area contributed by atoms with Crippen molar-refractivity contribution in [2.45, 2.75) is 81.1 Å². The minimum Gasteiger partial charge on any atom is -0.508 e. The number of anilines is 1. The van der Waals surface area contributed by atoms with E-state index in [9.17, 15) is 14.7 Å². The van der Waals surface area contributed by atoms with Crippen LogP contribution in [-0.2, 0) is 43.6 Å². The number of ether oxygens (including phenoxy) is 3. The molecule has 4 heterocycles. The molecule has 0 aromatic heterocycles. The molecule has 3 fully saturated rings. The summed E-state index contributed by atoms with van der Waals surface area (Å²) in [5.74, 6) is -0.380. The number of nitrogens with one attached hydrogen (secondary N) is 1. The minimum atomic E-state index is -2.04. The summed E-state index contributed by atoms with van der Waals surface area (Å²) in [6, 6.07) is 34.9. The lowest BCUT2D eigenvalue weighted by molar-refractivity contribution is -0.179. The molecule has 3 saturated heterocycles. The molecule has 5 aromatic rings. The fourth-order valence-corrected chi connectivity index (χ4v) is 11.2. The van der Waals surface area contributed by atoms with Crippen LogP contribution in [0.15, 0.2) is 133 Å². The Bertz CT molecular complexity index is 2840. The molecule has 0 saturated carbocycles. The number of carbonyl (C=O) groups is 6. The first-order chi connectivity index (χ1) is 34.5. The molecule has 4 amide bonds. The summed E-state index contributed by atoms with van der Waals surface area (Å²) in [5.41, 5.74) is 1.46. The van der Waals surface area contributed by atoms with Crippen LogP contribution in [0.2, 0.25) is 0 Å². The number of urea groups is 1. The number of likely N-dealkylation sites (tertiary alicyclic amines) is 1. The largest absolute Gasteiger partial charge is 0.508 e. The fraction of sp³-hybridized carbons (Fsp3) is 0.333. The number of morpholine rings is 1. The third-order valence-electron chi connectivity index (χ3n) is 14.5. The van der Waals surface area contributed by atoms with Gasteiger partial charge in [-0.2, -0.15) is 0 Å². The molecule has 0 bridgehead atoms. The van der Waals surface area contributed by atoms with Crippen LogP contribution in [0.3, 0.4) is 0 Å². The predicted octanol–water partition coefficient (Wildman–Crippen LogP) is 8.03. The third-order valence-corrected chi connectivity index (χ3v) is 14.5. The molecule has 7 unspecified atom stereocenters. The predicted molar refractivity (Wildman–Crippen MR) is 262 cm³/mol. The first-order valence-electron chi connectivity index (χ1n) is 24.1. The molecule has 364 valence electrons. The Labute approximate surface area is 412 Å². The van der Waals surface area contributed by atoms with Crippen LogP contribution in [0.25, 0.3) is 0 Å². The Morgan fingerprint density at radius 3 is 1.96 bits per heavy atom. The standard InChI is InChI=1S/C57H56N4O10/c1-36(38-20-10-7-11-21-38)58-56(68)60-45-32-27-37(19-18-26-43(52(64)69-2)53(65)70-3)35-44(45)57(55(60)67)46(51(63)59-33-16-5-4-6-17-34-59)48-54(66)71-49(40-24-14-9-15-25-40)47(39-22-12-8-13-23-39)61(48)50(57)41-28-30-42(62)31-29-41/h7-15,20-25,27-32,35-36,43,46-50,62H,4-6,16-17,26,33-34H2,1-3H3,(H,58,68). The number of rotatable bonds is 9. The summed E-state index contributed by atoms with van der Waals surface area (Å²) < 4.78 is 16.4. The number of hydrogen-bond donors (Lipinski definition) is 2. The third kappa shape index (κ3) is 8.91. The SMILES string of the molecule is COC(=O)C(CC#Cc1ccc2c(c1)C1(C(=O)N2C(=O)NC(C)c2ccccc2)C(C(=O)N2CCCCCCC2)C2C(=O)OC(c3ccccc3)C(c3ccccc3)N2C1c1ccc(O)cc1)C(=O)OC. The summed E-state index contributed by atoms with van der Waals surface area (Å²) in [7, 11) is 2.33. The summed E-state index contributed by atoms with van der Waals surface area (Å²) in [5, 5.41) is 13.9. The number of imide groups is 1. The number of methoxy groups -OCH3 is 2. The highest BCUT2D eigenvalue weighted by Gasteiger charge is 2.76. The van der Waals surface area contributed by atoms with Gasteiger partial charge in [-0.15, -0.1) is 0 Å². The Hall–Kier alpha value is -7.76. The van der Waals surface area contributed by atoms with Crippen molar-refractivity contribution >= 4 is 41.4 Å². The van der Waals surface area contributed by atoms with E-state index in [-0.39, 0.29) is 23.4 Å². The molecule has 0 aliphatic carbocycles. The second-order valence-electron chi connectivity index (χ2n) is 18.5. The number of cyclic esters (lactones) is 1. The Balaban J connectivity index is 1.33. The van der Waals surface area contributed by atoms with E-state index in [0.29, 0.717) is 42.6 Å². The zero-order valence-corrected chi connectivity index (χ0v) is 39.9. The van der Waals surface area contributed by atoms with Crippen molar-refractivity contribution in [2.75, 3.05) is 32.2 Å². The molecule has 0 radical (unpaired) electrons. The van der Waals surface area contributed by atoms with E-state index < -0.39 is 83.3 Å². The Morgan fingerprint density at radius 2 is 1.34 bits per heavy atom. The maximum absolute atomic E-state index is 16.7. The second-order valence-corrected chi connectivity index (χ2v) is 18.5. The van der Waals surface area contributed by atoms with Gasteiger partial charge in [-0.3, -0.25) is 28.9 Å². The topological polar surface area (TPSA) is 172 Å². The first-order valence-corrected chi connectivity index (χ1v) is 24.1. The number of phenolic OH excluding ortho intramolecular Hbond substituents is 1. The number of aromatic hydroxyl groups is 1. The molecule has 1 spiro atoms. The molecule has 71 heavy (non-hydrogen) atoms. The van der Waals surface area contributed by atoms with E-state index in [4.69, 9.17) is 14.2 Å². The minimum absolute atomic E-state index is 0.0470. The van der Waals surface area contributed by atoms with Gasteiger partial charge in [-0.05, 0) is 77.9 Å². The molecule has 4 aliphatic rings. The summed E-state index contributed by atoms with van der Waals surface area (Å²) in [6.45, 7) is 2.59. The van der Waals surface area contributed by atoms with Gasteiger partial charge in [-0.1, -0.05) is 134 Å². The molecule has 14 nitrogen and oxygen atoms in total. The van der Waals surface area contributed by atoms with E-state index in [1.54, 1.807) is 35.2 Å². The maximum atomic E-state index is 16.7. The monoisotopic (exact) mass is 956 g/mol. The van der Waals surface area contributed by atoms with Gasteiger partial charge in [0.15, 0.2) is 5.92 Å². The van der Waals surface area contributed by atoms with Crippen LogP contribution >= 0.6 is 0 Å². The average molecular weight is 957 g/mol. The van der Waals surface area contributed by atoms with Crippen LogP contribution in [0.5, 0.6) is 5.75 Å². The van der Waals surface area contributed by atoms with Crippen molar-refractivity contribution in [1.82, 2.24) is 15.1 Å². The highest BCUT2D eigenvalue weighted by atomic mass is 16.6. The lowest BCUT2D eigenvalue weighted by Crippen LogP contribution is -2.57. The van der Waals surface area contributed by atoms with Crippen molar-refractivity contribution < 1.29 is 48.1 Å². The summed E-state index contributed by atoms with van der Waals surface area (Å²) in [4.78, 5) is 93.8. The second kappa shape index (κ2) is 20.7. The maximum Gasteiger partial charge on any atom is 0.329 e. The van der Waals surface area contributed by atoms with E-state index >= 15 is 19.2 Å². The van der Waals surface area contributed by atoms with Gasteiger partial charge >= 0.3 is 23.9 Å². The molecule has 7 atom stereocenters. The Kier molecular flexibility index (Phi) is 14.1. The fourth-order valence-electron chi connectivity index (χ4n) is 11.2. The number of esters is 3.